The molecule has 4 rings (SSSR count). The lowest BCUT2D eigenvalue weighted by molar-refractivity contribution is -0.129. The van der Waals surface area contributed by atoms with Gasteiger partial charge in [-0.25, -0.2) is 14.6 Å². The number of alkyl halides is 3. The molecule has 7 nitrogen and oxygen atoms in total. The minimum Gasteiger partial charge on any atom is -0.259 e. The highest BCUT2D eigenvalue weighted by Gasteiger charge is 2.28. The first-order chi connectivity index (χ1) is 13.4. The third kappa shape index (κ3) is 3.79. The van der Waals surface area contributed by atoms with Crippen LogP contribution >= 0.6 is 0 Å². The summed E-state index contributed by atoms with van der Waals surface area (Å²) >= 11 is 0. The number of pyridine rings is 1. The van der Waals surface area contributed by atoms with Gasteiger partial charge in [0.1, 0.15) is 6.33 Å². The Morgan fingerprint density at radius 2 is 2.00 bits per heavy atom. The fourth-order valence-corrected chi connectivity index (χ4v) is 3.75. The van der Waals surface area contributed by atoms with E-state index < -0.39 is 29.1 Å². The fraction of sp³-hybridized carbons (Fsp3) is 0.176. The van der Waals surface area contributed by atoms with Crippen molar-refractivity contribution in [3.8, 4) is 17.1 Å². The molecule has 1 atom stereocenters. The number of rotatable bonds is 5. The molecule has 0 aliphatic carbocycles. The van der Waals surface area contributed by atoms with Crippen LogP contribution in [0.4, 0.5) is 13.2 Å². The van der Waals surface area contributed by atoms with E-state index >= 15 is 0 Å². The molecule has 28 heavy (non-hydrogen) atoms. The minimum absolute atomic E-state index is 0.242. The lowest BCUT2D eigenvalue weighted by Crippen LogP contribution is -2.12. The van der Waals surface area contributed by atoms with Crippen LogP contribution in [0, 0.1) is 0 Å². The number of nitrogens with zero attached hydrogens (tertiary/aromatic N) is 5. The highest BCUT2D eigenvalue weighted by molar-refractivity contribution is 7.85. The average molecular weight is 406 g/mol. The first kappa shape index (κ1) is 18.3. The Labute approximate surface area is 159 Å². The number of aromatic amines is 1. The Morgan fingerprint density at radius 3 is 2.75 bits per heavy atom. The topological polar surface area (TPSA) is 89.3 Å². The largest absolute Gasteiger partial charge is 0.390 e. The van der Waals surface area contributed by atoms with Crippen LogP contribution in [0.15, 0.2) is 53.9 Å². The molecule has 0 radical (unpaired) electrons. The standard InChI is InChI=1S/C17H13F3N6OS/c18-17(19,20)4-5-28(27)14-7-12-8-24-26(16(12)21-9-14)13-3-1-2-11(6-13)15-22-10-23-25-15/h1-3,6-10H,4-5H2,(H,22,23,25)/t28-/m1/s1. The molecule has 0 saturated heterocycles. The zero-order valence-electron chi connectivity index (χ0n) is 14.2. The van der Waals surface area contributed by atoms with Crippen LogP contribution in [0.5, 0.6) is 0 Å². The molecule has 0 unspecified atom stereocenters. The Bertz CT molecular complexity index is 1140. The summed E-state index contributed by atoms with van der Waals surface area (Å²) in [5, 5.41) is 11.5. The zero-order valence-corrected chi connectivity index (χ0v) is 15.0. The van der Waals surface area contributed by atoms with Gasteiger partial charge in [-0.1, -0.05) is 12.1 Å². The lowest BCUT2D eigenvalue weighted by atomic mass is 10.2. The van der Waals surface area contributed by atoms with Crippen LogP contribution in [-0.2, 0) is 10.8 Å². The highest BCUT2D eigenvalue weighted by Crippen LogP contribution is 2.24. The Kier molecular flexibility index (Phi) is 4.67. The molecule has 11 heteroatoms. The van der Waals surface area contributed by atoms with Crippen LogP contribution in [-0.4, -0.2) is 46.1 Å². The molecule has 1 aromatic carbocycles. The maximum absolute atomic E-state index is 12.3. The number of nitrogens with one attached hydrogen (secondary N) is 1. The summed E-state index contributed by atoms with van der Waals surface area (Å²) in [4.78, 5) is 8.62. The predicted molar refractivity (Wildman–Crippen MR) is 96.2 cm³/mol. The normalized spacial score (nSPS) is 13.1. The van der Waals surface area contributed by atoms with Gasteiger partial charge in [0.05, 0.1) is 34.0 Å². The first-order valence-corrected chi connectivity index (χ1v) is 9.48. The number of hydrogen-bond acceptors (Lipinski definition) is 5. The molecule has 0 fully saturated rings. The number of fused-ring (bicyclic) bond motifs is 1. The van der Waals surface area contributed by atoms with Crippen molar-refractivity contribution in [1.29, 1.82) is 0 Å². The van der Waals surface area contributed by atoms with Crippen molar-refractivity contribution in [3.63, 3.8) is 0 Å². The molecule has 144 valence electrons. The van der Waals surface area contributed by atoms with E-state index in [1.807, 2.05) is 24.3 Å². The van der Waals surface area contributed by atoms with E-state index in [9.17, 15) is 17.4 Å². The molecule has 3 aromatic heterocycles. The number of H-pyrrole nitrogens is 1. The van der Waals surface area contributed by atoms with Crippen LogP contribution in [0.25, 0.3) is 28.1 Å². The van der Waals surface area contributed by atoms with Crippen molar-refractivity contribution in [2.75, 3.05) is 5.75 Å². The van der Waals surface area contributed by atoms with Gasteiger partial charge in [-0.05, 0) is 18.2 Å². The SMILES string of the molecule is O=[S@](CCC(F)(F)F)c1cnc2c(cnn2-c2cccc(-c3ncn[nH]3)c2)c1. The minimum atomic E-state index is -4.34. The third-order valence-electron chi connectivity index (χ3n) is 4.00. The predicted octanol–water partition coefficient (Wildman–Crippen LogP) is 3.27. The molecular weight excluding hydrogens is 393 g/mol. The second-order valence-electron chi connectivity index (χ2n) is 5.94. The van der Waals surface area contributed by atoms with Gasteiger partial charge >= 0.3 is 6.18 Å². The molecular formula is C17H13F3N6OS. The quantitative estimate of drug-likeness (QED) is 0.550. The molecule has 0 aliphatic heterocycles. The Balaban J connectivity index is 1.64. The van der Waals surface area contributed by atoms with Crippen LogP contribution in [0.1, 0.15) is 6.42 Å². The zero-order chi connectivity index (χ0) is 19.7. The molecule has 0 amide bonds. The monoisotopic (exact) mass is 406 g/mol. The van der Waals surface area contributed by atoms with Gasteiger partial charge in [-0.3, -0.25) is 9.31 Å². The molecule has 1 N–H and O–H groups in total. The van der Waals surface area contributed by atoms with Crippen molar-refractivity contribution >= 4 is 21.8 Å². The van der Waals surface area contributed by atoms with Crippen molar-refractivity contribution in [2.45, 2.75) is 17.5 Å². The number of aromatic nitrogens is 6. The van der Waals surface area contributed by atoms with Crippen molar-refractivity contribution in [1.82, 2.24) is 29.9 Å². The summed E-state index contributed by atoms with van der Waals surface area (Å²) in [7, 11) is -1.78. The second kappa shape index (κ2) is 7.15. The number of benzene rings is 1. The van der Waals surface area contributed by atoms with E-state index in [4.69, 9.17) is 0 Å². The van der Waals surface area contributed by atoms with Crippen LogP contribution in [0.2, 0.25) is 0 Å². The van der Waals surface area contributed by atoms with Crippen LogP contribution < -0.4 is 0 Å². The summed E-state index contributed by atoms with van der Waals surface area (Å²) in [6.07, 6.45) is -1.17. The van der Waals surface area contributed by atoms with Crippen LogP contribution in [0.3, 0.4) is 0 Å². The molecule has 4 aromatic rings. The fourth-order valence-electron chi connectivity index (χ4n) is 2.67. The van der Waals surface area contributed by atoms with Gasteiger partial charge in [-0.15, -0.1) is 0 Å². The Hall–Kier alpha value is -3.08. The van der Waals surface area contributed by atoms with Gasteiger partial charge < -0.3 is 0 Å². The van der Waals surface area contributed by atoms with Gasteiger partial charge in [0.25, 0.3) is 0 Å². The Morgan fingerprint density at radius 1 is 1.14 bits per heavy atom. The first-order valence-electron chi connectivity index (χ1n) is 8.16. The van der Waals surface area contributed by atoms with E-state index in [0.29, 0.717) is 16.9 Å². The summed E-state index contributed by atoms with van der Waals surface area (Å²) in [6, 6.07) is 8.94. The van der Waals surface area contributed by atoms with Crippen molar-refractivity contribution < 1.29 is 17.4 Å². The van der Waals surface area contributed by atoms with Crippen molar-refractivity contribution in [2.24, 2.45) is 0 Å². The summed E-state index contributed by atoms with van der Waals surface area (Å²) in [5.74, 6) is 0.109. The molecule has 0 saturated carbocycles. The van der Waals surface area contributed by atoms with Gasteiger partial charge in [0.15, 0.2) is 11.5 Å². The van der Waals surface area contributed by atoms with Gasteiger partial charge in [0.2, 0.25) is 0 Å². The molecule has 0 spiro atoms. The lowest BCUT2D eigenvalue weighted by Gasteiger charge is -2.07. The third-order valence-corrected chi connectivity index (χ3v) is 5.32. The maximum Gasteiger partial charge on any atom is 0.390 e. The number of hydrogen-bond donors (Lipinski definition) is 1. The number of halogens is 3. The molecule has 0 aliphatic rings. The average Bonchev–Trinajstić information content (AvgIpc) is 3.35. The van der Waals surface area contributed by atoms with E-state index in [-0.39, 0.29) is 4.90 Å². The summed E-state index contributed by atoms with van der Waals surface area (Å²) in [6.45, 7) is 0. The van der Waals surface area contributed by atoms with E-state index in [1.165, 1.54) is 18.7 Å². The summed E-state index contributed by atoms with van der Waals surface area (Å²) < 4.78 is 50.7. The highest BCUT2D eigenvalue weighted by atomic mass is 32.2. The molecule has 3 heterocycles. The maximum atomic E-state index is 12.3. The van der Waals surface area contributed by atoms with E-state index in [2.05, 4.69) is 25.3 Å². The summed E-state index contributed by atoms with van der Waals surface area (Å²) in [5.41, 5.74) is 2.04. The van der Waals surface area contributed by atoms with Gasteiger partial charge in [-0.2, -0.15) is 23.4 Å². The smallest absolute Gasteiger partial charge is 0.259 e. The van der Waals surface area contributed by atoms with Gasteiger partial charge in [0, 0.05) is 22.9 Å². The van der Waals surface area contributed by atoms with E-state index in [0.717, 1.165) is 11.3 Å². The van der Waals surface area contributed by atoms with E-state index in [1.54, 1.807) is 10.7 Å². The molecule has 0 bridgehead atoms. The van der Waals surface area contributed by atoms with Crippen molar-refractivity contribution in [3.05, 3.63) is 49.1 Å². The second-order valence-corrected chi connectivity index (χ2v) is 7.51.